The van der Waals surface area contributed by atoms with Gasteiger partial charge in [-0.1, -0.05) is 30.0 Å². The van der Waals surface area contributed by atoms with Crippen molar-refractivity contribution < 1.29 is 27.4 Å². The molecular weight excluding hydrogens is 464 g/mol. The van der Waals surface area contributed by atoms with Gasteiger partial charge in [0.2, 0.25) is 0 Å². The Labute approximate surface area is 197 Å². The topological polar surface area (TPSA) is 94.5 Å². The average Bonchev–Trinajstić information content (AvgIpc) is 3.25. The minimum Gasteiger partial charge on any atom is -0.497 e. The van der Waals surface area contributed by atoms with Gasteiger partial charge in [0.05, 0.1) is 45.3 Å². The maximum atomic E-state index is 12.8. The molecule has 0 aromatic heterocycles. The Morgan fingerprint density at radius 3 is 2.36 bits per heavy atom. The van der Waals surface area contributed by atoms with Crippen molar-refractivity contribution in [1.29, 1.82) is 0 Å². The first-order valence-electron chi connectivity index (χ1n) is 10.4. The first-order chi connectivity index (χ1) is 15.8. The van der Waals surface area contributed by atoms with Gasteiger partial charge in [0.1, 0.15) is 5.75 Å². The number of rotatable bonds is 7. The molecule has 8 nitrogen and oxygen atoms in total. The summed E-state index contributed by atoms with van der Waals surface area (Å²) < 4.78 is 40.2. The Kier molecular flexibility index (Phi) is 6.85. The summed E-state index contributed by atoms with van der Waals surface area (Å²) in [7, 11) is 1.60. The highest BCUT2D eigenvalue weighted by atomic mass is 32.2. The third kappa shape index (κ3) is 5.27. The van der Waals surface area contributed by atoms with Crippen LogP contribution in [0.3, 0.4) is 0 Å². The molecule has 10 heteroatoms. The third-order valence-electron chi connectivity index (χ3n) is 5.71. The fourth-order valence-corrected chi connectivity index (χ4v) is 8.03. The lowest BCUT2D eigenvalue weighted by molar-refractivity contribution is -0.117. The number of thioether (sulfide) groups is 1. The van der Waals surface area contributed by atoms with E-state index in [4.69, 9.17) is 14.2 Å². The standard InChI is InChI=1S/C23H26N2O6S2/c1-29-17-7-4-15(5-8-17)12-25-18-13-33(27,28)14-21(18)32-23(25)24-22(26)11-16-6-9-19(30-2)20(10-16)31-3/h4-10,18,21H,11-14H2,1-3H3/t18-,21+/m0/s1. The van der Waals surface area contributed by atoms with E-state index in [-0.39, 0.29) is 35.1 Å². The summed E-state index contributed by atoms with van der Waals surface area (Å²) in [4.78, 5) is 19.2. The lowest BCUT2D eigenvalue weighted by Crippen LogP contribution is -2.37. The van der Waals surface area contributed by atoms with Crippen LogP contribution in [0, 0.1) is 0 Å². The number of amides is 1. The van der Waals surface area contributed by atoms with Crippen molar-refractivity contribution in [2.24, 2.45) is 4.99 Å². The van der Waals surface area contributed by atoms with Crippen molar-refractivity contribution >= 4 is 32.7 Å². The van der Waals surface area contributed by atoms with Crippen LogP contribution in [0.25, 0.3) is 0 Å². The number of hydrogen-bond acceptors (Lipinski definition) is 7. The van der Waals surface area contributed by atoms with Gasteiger partial charge in [-0.15, -0.1) is 0 Å². The van der Waals surface area contributed by atoms with E-state index in [0.29, 0.717) is 23.2 Å². The molecule has 2 saturated heterocycles. The van der Waals surface area contributed by atoms with Gasteiger partial charge in [-0.3, -0.25) is 4.79 Å². The van der Waals surface area contributed by atoms with Crippen molar-refractivity contribution in [1.82, 2.24) is 4.90 Å². The van der Waals surface area contributed by atoms with Gasteiger partial charge < -0.3 is 19.1 Å². The van der Waals surface area contributed by atoms with Crippen LogP contribution in [0.15, 0.2) is 47.5 Å². The van der Waals surface area contributed by atoms with Crippen LogP contribution in [0.5, 0.6) is 17.2 Å². The number of amidine groups is 1. The molecule has 0 spiro atoms. The molecule has 2 aromatic carbocycles. The maximum absolute atomic E-state index is 12.8. The lowest BCUT2D eigenvalue weighted by atomic mass is 10.1. The number of fused-ring (bicyclic) bond motifs is 1. The molecule has 0 aliphatic carbocycles. The molecule has 2 aromatic rings. The van der Waals surface area contributed by atoms with E-state index >= 15 is 0 Å². The number of hydrogen-bond donors (Lipinski definition) is 0. The Bertz CT molecular complexity index is 1160. The molecule has 176 valence electrons. The zero-order chi connectivity index (χ0) is 23.6. The zero-order valence-electron chi connectivity index (χ0n) is 18.7. The van der Waals surface area contributed by atoms with Crippen molar-refractivity contribution in [3.8, 4) is 17.2 Å². The van der Waals surface area contributed by atoms with Crippen molar-refractivity contribution in [3.05, 3.63) is 53.6 Å². The van der Waals surface area contributed by atoms with E-state index in [9.17, 15) is 13.2 Å². The third-order valence-corrected chi connectivity index (χ3v) is 8.96. The highest BCUT2D eigenvalue weighted by molar-refractivity contribution is 8.15. The number of carbonyl (C=O) groups is 1. The van der Waals surface area contributed by atoms with Crippen LogP contribution in [0.4, 0.5) is 0 Å². The number of benzene rings is 2. The van der Waals surface area contributed by atoms with E-state index in [1.807, 2.05) is 29.2 Å². The van der Waals surface area contributed by atoms with Gasteiger partial charge >= 0.3 is 0 Å². The number of ether oxygens (including phenoxy) is 3. The second kappa shape index (κ2) is 9.64. The minimum absolute atomic E-state index is 0.0731. The Balaban J connectivity index is 1.55. The van der Waals surface area contributed by atoms with Gasteiger partial charge in [0, 0.05) is 11.8 Å². The number of sulfone groups is 1. The molecular formula is C23H26N2O6S2. The second-order valence-corrected chi connectivity index (χ2v) is 11.3. The summed E-state index contributed by atoms with van der Waals surface area (Å²) in [6.45, 7) is 0.468. The van der Waals surface area contributed by atoms with Crippen LogP contribution in [0.1, 0.15) is 11.1 Å². The van der Waals surface area contributed by atoms with Crippen molar-refractivity contribution in [2.45, 2.75) is 24.3 Å². The molecule has 1 amide bonds. The molecule has 0 bridgehead atoms. The summed E-state index contributed by atoms with van der Waals surface area (Å²) >= 11 is 1.38. The molecule has 2 heterocycles. The molecule has 0 unspecified atom stereocenters. The minimum atomic E-state index is -3.10. The molecule has 0 radical (unpaired) electrons. The molecule has 0 N–H and O–H groups in total. The molecule has 2 fully saturated rings. The highest BCUT2D eigenvalue weighted by Crippen LogP contribution is 2.39. The highest BCUT2D eigenvalue weighted by Gasteiger charge is 2.48. The zero-order valence-corrected chi connectivity index (χ0v) is 20.3. The molecule has 2 aliphatic rings. The lowest BCUT2D eigenvalue weighted by Gasteiger charge is -2.24. The van der Waals surface area contributed by atoms with E-state index in [1.165, 1.54) is 11.8 Å². The van der Waals surface area contributed by atoms with Crippen LogP contribution < -0.4 is 14.2 Å². The van der Waals surface area contributed by atoms with Gasteiger partial charge in [-0.2, -0.15) is 4.99 Å². The largest absolute Gasteiger partial charge is 0.497 e. The summed E-state index contributed by atoms with van der Waals surface area (Å²) in [5, 5.41) is 0.446. The molecule has 4 rings (SSSR count). The number of methoxy groups -OCH3 is 3. The quantitative estimate of drug-likeness (QED) is 0.585. The normalized spacial score (nSPS) is 22.3. The number of carbonyl (C=O) groups excluding carboxylic acids is 1. The average molecular weight is 491 g/mol. The van der Waals surface area contributed by atoms with Crippen molar-refractivity contribution in [2.75, 3.05) is 32.8 Å². The predicted octanol–water partition coefficient (Wildman–Crippen LogP) is 2.55. The van der Waals surface area contributed by atoms with E-state index in [0.717, 1.165) is 16.9 Å². The molecule has 33 heavy (non-hydrogen) atoms. The predicted molar refractivity (Wildman–Crippen MR) is 128 cm³/mol. The van der Waals surface area contributed by atoms with Crippen LogP contribution >= 0.6 is 11.8 Å². The summed E-state index contributed by atoms with van der Waals surface area (Å²) in [6, 6.07) is 12.7. The molecule has 2 aliphatic heterocycles. The number of aliphatic imine (C=N–C) groups is 1. The van der Waals surface area contributed by atoms with Crippen LogP contribution in [-0.4, -0.2) is 68.5 Å². The van der Waals surface area contributed by atoms with E-state index < -0.39 is 9.84 Å². The van der Waals surface area contributed by atoms with Crippen LogP contribution in [0.2, 0.25) is 0 Å². The van der Waals surface area contributed by atoms with E-state index in [1.54, 1.807) is 39.5 Å². The first kappa shape index (κ1) is 23.4. The summed E-state index contributed by atoms with van der Waals surface area (Å²) in [5.41, 5.74) is 1.75. The molecule has 0 saturated carbocycles. The monoisotopic (exact) mass is 490 g/mol. The maximum Gasteiger partial charge on any atom is 0.252 e. The summed E-state index contributed by atoms with van der Waals surface area (Å²) in [6.07, 6.45) is 0.106. The van der Waals surface area contributed by atoms with Gasteiger partial charge in [-0.05, 0) is 35.4 Å². The SMILES string of the molecule is COc1ccc(CN2C(=NC(=O)Cc3ccc(OC)c(OC)c3)S[C@@H]3CS(=O)(=O)C[C@@H]32)cc1. The Morgan fingerprint density at radius 2 is 1.70 bits per heavy atom. The fourth-order valence-electron chi connectivity index (χ4n) is 4.06. The first-order valence-corrected chi connectivity index (χ1v) is 13.1. The Hall–Kier alpha value is -2.72. The van der Waals surface area contributed by atoms with Gasteiger partial charge in [0.15, 0.2) is 26.5 Å². The molecule has 2 atom stereocenters. The van der Waals surface area contributed by atoms with Gasteiger partial charge in [0.25, 0.3) is 5.91 Å². The second-order valence-electron chi connectivity index (χ2n) is 7.93. The summed E-state index contributed by atoms with van der Waals surface area (Å²) in [5.74, 6) is 1.76. The number of nitrogens with zero attached hydrogens (tertiary/aromatic N) is 2. The van der Waals surface area contributed by atoms with E-state index in [2.05, 4.69) is 4.99 Å². The fraction of sp³-hybridized carbons (Fsp3) is 0.391. The smallest absolute Gasteiger partial charge is 0.252 e. The van der Waals surface area contributed by atoms with Crippen molar-refractivity contribution in [3.63, 3.8) is 0 Å². The van der Waals surface area contributed by atoms with Crippen LogP contribution in [-0.2, 0) is 27.6 Å². The van der Waals surface area contributed by atoms with Gasteiger partial charge in [-0.25, -0.2) is 8.42 Å². The Morgan fingerprint density at radius 1 is 1.00 bits per heavy atom.